The molecule has 142 valence electrons. The number of para-hydroxylation sites is 1. The second-order valence-corrected chi connectivity index (χ2v) is 8.48. The zero-order chi connectivity index (χ0) is 19.3. The van der Waals surface area contributed by atoms with Gasteiger partial charge in [-0.25, -0.2) is 0 Å². The first-order valence-corrected chi connectivity index (χ1v) is 10.3. The molecule has 0 saturated heterocycles. The van der Waals surface area contributed by atoms with Gasteiger partial charge in [0.1, 0.15) is 5.54 Å². The van der Waals surface area contributed by atoms with E-state index in [1.165, 1.54) is 34.9 Å². The van der Waals surface area contributed by atoms with Gasteiger partial charge in [-0.1, -0.05) is 55.8 Å². The minimum absolute atomic E-state index is 0.0482. The first-order chi connectivity index (χ1) is 13.6. The van der Waals surface area contributed by atoms with Crippen LogP contribution in [0.2, 0.25) is 0 Å². The van der Waals surface area contributed by atoms with Crippen molar-refractivity contribution in [2.24, 2.45) is 5.92 Å². The standard InChI is InChI=1S/C25H27N2O/c1-18-14-15-20-10-4-6-12-22(20)24(18)26-17-21-11-5-7-13-23(21)28-27(26)25(3)16-8-9-19(25)2/h4-7,10-15,17,19H,8-9,16H2,1-3H3/q+1. The second-order valence-electron chi connectivity index (χ2n) is 8.48. The van der Waals surface area contributed by atoms with Crippen molar-refractivity contribution in [1.29, 1.82) is 0 Å². The molecule has 0 bridgehead atoms. The Morgan fingerprint density at radius 2 is 1.82 bits per heavy atom. The molecule has 1 aliphatic heterocycles. The highest BCUT2D eigenvalue weighted by atomic mass is 16.7. The Morgan fingerprint density at radius 3 is 2.64 bits per heavy atom. The van der Waals surface area contributed by atoms with Crippen LogP contribution in [0.3, 0.4) is 0 Å². The fourth-order valence-electron chi connectivity index (χ4n) is 4.77. The van der Waals surface area contributed by atoms with Gasteiger partial charge in [-0.15, -0.1) is 0 Å². The van der Waals surface area contributed by atoms with Gasteiger partial charge in [0.15, 0.2) is 5.75 Å². The van der Waals surface area contributed by atoms with E-state index in [2.05, 4.69) is 91.4 Å². The van der Waals surface area contributed by atoms with Crippen LogP contribution in [-0.2, 0) is 0 Å². The van der Waals surface area contributed by atoms with Crippen LogP contribution < -0.4 is 4.84 Å². The van der Waals surface area contributed by atoms with Crippen molar-refractivity contribution < 1.29 is 9.52 Å². The summed E-state index contributed by atoms with van der Waals surface area (Å²) in [5.41, 5.74) is 3.51. The smallest absolute Gasteiger partial charge is 0.249 e. The molecule has 3 aromatic rings. The van der Waals surface area contributed by atoms with Crippen molar-refractivity contribution in [3.63, 3.8) is 0 Å². The lowest BCUT2D eigenvalue weighted by atomic mass is 9.91. The highest BCUT2D eigenvalue weighted by Gasteiger charge is 2.51. The van der Waals surface area contributed by atoms with E-state index < -0.39 is 0 Å². The lowest BCUT2D eigenvalue weighted by molar-refractivity contribution is -0.711. The fourth-order valence-corrected chi connectivity index (χ4v) is 4.77. The lowest BCUT2D eigenvalue weighted by Crippen LogP contribution is -2.55. The van der Waals surface area contributed by atoms with Gasteiger partial charge in [0.25, 0.3) is 0 Å². The van der Waals surface area contributed by atoms with Gasteiger partial charge >= 0.3 is 0 Å². The Labute approximate surface area is 166 Å². The predicted octanol–water partition coefficient (Wildman–Crippen LogP) is 6.01. The number of hydrazine groups is 1. The Morgan fingerprint density at radius 1 is 1.04 bits per heavy atom. The monoisotopic (exact) mass is 371 g/mol. The molecule has 0 spiro atoms. The molecule has 3 heteroatoms. The minimum atomic E-state index is -0.0482. The van der Waals surface area contributed by atoms with Crippen LogP contribution >= 0.6 is 0 Å². The van der Waals surface area contributed by atoms with Crippen LogP contribution in [0.5, 0.6) is 5.75 Å². The highest BCUT2D eigenvalue weighted by molar-refractivity contribution is 5.93. The van der Waals surface area contributed by atoms with Gasteiger partial charge < -0.3 is 4.84 Å². The van der Waals surface area contributed by atoms with E-state index >= 15 is 0 Å². The Bertz CT molecular complexity index is 1090. The molecular weight excluding hydrogens is 344 g/mol. The molecule has 0 amide bonds. The van der Waals surface area contributed by atoms with E-state index in [0.29, 0.717) is 5.92 Å². The molecule has 5 rings (SSSR count). The first-order valence-electron chi connectivity index (χ1n) is 10.3. The lowest BCUT2D eigenvalue weighted by Gasteiger charge is -2.38. The third-order valence-electron chi connectivity index (χ3n) is 6.71. The summed E-state index contributed by atoms with van der Waals surface area (Å²) >= 11 is 0. The van der Waals surface area contributed by atoms with Crippen molar-refractivity contribution in [2.75, 3.05) is 0 Å². The van der Waals surface area contributed by atoms with Crippen molar-refractivity contribution in [3.8, 4) is 5.75 Å². The van der Waals surface area contributed by atoms with E-state index in [9.17, 15) is 0 Å². The van der Waals surface area contributed by atoms with Gasteiger partial charge in [0, 0.05) is 10.7 Å². The van der Waals surface area contributed by atoms with Crippen LogP contribution in [0, 0.1) is 12.8 Å². The Hall–Kier alpha value is -2.81. The van der Waals surface area contributed by atoms with Crippen LogP contribution in [-0.4, -0.2) is 21.6 Å². The maximum absolute atomic E-state index is 6.59. The fraction of sp³-hybridized carbons (Fsp3) is 0.320. The van der Waals surface area contributed by atoms with Gasteiger partial charge in [0.05, 0.1) is 10.9 Å². The van der Waals surface area contributed by atoms with Crippen molar-refractivity contribution in [2.45, 2.75) is 45.6 Å². The largest absolute Gasteiger partial charge is 0.331 e. The summed E-state index contributed by atoms with van der Waals surface area (Å²) in [6.45, 7) is 6.89. The molecule has 3 aromatic carbocycles. The number of benzene rings is 3. The molecule has 28 heavy (non-hydrogen) atoms. The average molecular weight is 372 g/mol. The molecule has 1 saturated carbocycles. The summed E-state index contributed by atoms with van der Waals surface area (Å²) in [7, 11) is 0. The first kappa shape index (κ1) is 17.3. The minimum Gasteiger partial charge on any atom is -0.331 e. The quantitative estimate of drug-likeness (QED) is 0.512. The van der Waals surface area contributed by atoms with E-state index in [0.717, 1.165) is 17.7 Å². The molecule has 3 nitrogen and oxygen atoms in total. The Kier molecular flexibility index (Phi) is 3.94. The molecule has 2 atom stereocenters. The van der Waals surface area contributed by atoms with Crippen LogP contribution in [0.1, 0.15) is 44.2 Å². The third-order valence-corrected chi connectivity index (χ3v) is 6.71. The normalized spacial score (nSPS) is 24.0. The molecule has 1 fully saturated rings. The summed E-state index contributed by atoms with van der Waals surface area (Å²) in [6.07, 6.45) is 5.84. The van der Waals surface area contributed by atoms with Gasteiger partial charge in [-0.2, -0.15) is 0 Å². The highest BCUT2D eigenvalue weighted by Crippen LogP contribution is 2.44. The maximum Gasteiger partial charge on any atom is 0.249 e. The number of hydrogen-bond donors (Lipinski definition) is 0. The molecule has 0 N–H and O–H groups in total. The van der Waals surface area contributed by atoms with Crippen LogP contribution in [0.15, 0.2) is 60.7 Å². The molecule has 1 heterocycles. The molecule has 2 aliphatic rings. The zero-order valence-electron chi connectivity index (χ0n) is 16.9. The molecule has 0 radical (unpaired) electrons. The molecule has 2 unspecified atom stereocenters. The van der Waals surface area contributed by atoms with Crippen molar-refractivity contribution in [3.05, 3.63) is 71.8 Å². The van der Waals surface area contributed by atoms with E-state index in [1.807, 2.05) is 6.07 Å². The number of rotatable bonds is 2. The second kappa shape index (κ2) is 6.37. The van der Waals surface area contributed by atoms with Crippen LogP contribution in [0.25, 0.3) is 10.8 Å². The summed E-state index contributed by atoms with van der Waals surface area (Å²) in [6, 6.07) is 21.3. The Balaban J connectivity index is 1.78. The number of hydroxylamine groups is 1. The summed E-state index contributed by atoms with van der Waals surface area (Å²) < 4.78 is 2.27. The van der Waals surface area contributed by atoms with Gasteiger partial charge in [-0.3, -0.25) is 0 Å². The third kappa shape index (κ3) is 2.53. The summed E-state index contributed by atoms with van der Waals surface area (Å²) in [4.78, 5) is 6.59. The molecule has 1 aliphatic carbocycles. The average Bonchev–Trinajstić information content (AvgIpc) is 3.06. The van der Waals surface area contributed by atoms with E-state index in [-0.39, 0.29) is 5.54 Å². The van der Waals surface area contributed by atoms with E-state index in [1.54, 1.807) is 0 Å². The van der Waals surface area contributed by atoms with Crippen molar-refractivity contribution in [1.82, 2.24) is 5.17 Å². The molecular formula is C25H27N2O+. The van der Waals surface area contributed by atoms with Crippen LogP contribution in [0.4, 0.5) is 5.69 Å². The number of hydrazone groups is 1. The number of aryl methyl sites for hydroxylation is 1. The van der Waals surface area contributed by atoms with Gasteiger partial charge in [-0.05, 0) is 60.9 Å². The van der Waals surface area contributed by atoms with Gasteiger partial charge in [0.2, 0.25) is 11.9 Å². The molecule has 0 aromatic heterocycles. The summed E-state index contributed by atoms with van der Waals surface area (Å²) in [5, 5.41) is 4.66. The maximum atomic E-state index is 6.59. The number of nitrogens with zero attached hydrogens (tertiary/aromatic N) is 2. The zero-order valence-corrected chi connectivity index (χ0v) is 16.9. The SMILES string of the molecule is Cc1ccc2ccccc2c1[N+]1=Cc2ccccc2ON1C1(C)CCCC1C. The van der Waals surface area contributed by atoms with E-state index in [4.69, 9.17) is 4.84 Å². The predicted molar refractivity (Wildman–Crippen MR) is 114 cm³/mol. The number of hydrogen-bond acceptors (Lipinski definition) is 2. The number of fused-ring (bicyclic) bond motifs is 2. The summed E-state index contributed by atoms with van der Waals surface area (Å²) in [5.74, 6) is 1.49. The van der Waals surface area contributed by atoms with Crippen molar-refractivity contribution >= 4 is 22.7 Å². The topological polar surface area (TPSA) is 15.5 Å².